The van der Waals surface area contributed by atoms with Crippen molar-refractivity contribution in [3.63, 3.8) is 0 Å². The van der Waals surface area contributed by atoms with Crippen LogP contribution in [-0.2, 0) is 14.3 Å². The van der Waals surface area contributed by atoms with Crippen LogP contribution in [0, 0.1) is 17.5 Å². The summed E-state index contributed by atoms with van der Waals surface area (Å²) in [7, 11) is 0. The van der Waals surface area contributed by atoms with Crippen LogP contribution in [0.2, 0.25) is 0 Å². The Balaban J connectivity index is 2.00. The topological polar surface area (TPSA) is 46.6 Å². The number of carbonyl (C=O) groups is 2. The zero-order chi connectivity index (χ0) is 15.3. The third-order valence-electron chi connectivity index (χ3n) is 4.06. The minimum atomic E-state index is -1.55. The van der Waals surface area contributed by atoms with Crippen LogP contribution in [0.3, 0.4) is 0 Å². The average molecular weight is 299 g/mol. The van der Waals surface area contributed by atoms with Crippen molar-refractivity contribution < 1.29 is 27.5 Å². The van der Waals surface area contributed by atoms with Gasteiger partial charge in [0.2, 0.25) is 0 Å². The minimum Gasteiger partial charge on any atom is -0.453 e. The van der Waals surface area contributed by atoms with Gasteiger partial charge in [-0.05, 0) is 37.5 Å². The molecule has 0 aromatic heterocycles. The predicted octanol–water partition coefficient (Wildman–Crippen LogP) is 2.08. The van der Waals surface area contributed by atoms with Gasteiger partial charge in [0.1, 0.15) is 6.10 Å². The van der Waals surface area contributed by atoms with E-state index in [-0.39, 0.29) is 11.6 Å². The number of carbonyl (C=O) groups excluding carboxylic acids is 2. The maximum absolute atomic E-state index is 13.4. The van der Waals surface area contributed by atoms with E-state index in [1.54, 1.807) is 6.92 Å². The van der Waals surface area contributed by atoms with Crippen LogP contribution >= 0.6 is 0 Å². The maximum atomic E-state index is 13.4. The lowest BCUT2D eigenvalue weighted by Crippen LogP contribution is -2.53. The number of esters is 1. The highest BCUT2D eigenvalue weighted by Gasteiger charge is 2.48. The molecule has 1 unspecified atom stereocenters. The molecule has 21 heavy (non-hydrogen) atoms. The number of ether oxygens (including phenoxy) is 1. The third-order valence-corrected chi connectivity index (χ3v) is 4.06. The van der Waals surface area contributed by atoms with Gasteiger partial charge in [0.25, 0.3) is 0 Å². The van der Waals surface area contributed by atoms with Gasteiger partial charge in [-0.15, -0.1) is 0 Å². The first-order valence-corrected chi connectivity index (χ1v) is 6.58. The Bertz CT molecular complexity index is 611. The summed E-state index contributed by atoms with van der Waals surface area (Å²) in [5.41, 5.74) is 0.143. The van der Waals surface area contributed by atoms with Crippen molar-refractivity contribution in [1.29, 1.82) is 0 Å². The fourth-order valence-corrected chi connectivity index (χ4v) is 3.09. The minimum absolute atomic E-state index is 0.143. The summed E-state index contributed by atoms with van der Waals surface area (Å²) in [5, 5.41) is 0. The number of rotatable bonds is 1. The van der Waals surface area contributed by atoms with Crippen LogP contribution in [-0.4, -0.2) is 28.9 Å². The second kappa shape index (κ2) is 4.75. The number of amides is 1. The summed E-state index contributed by atoms with van der Waals surface area (Å²) < 4.78 is 44.7. The van der Waals surface area contributed by atoms with Gasteiger partial charge in [0, 0.05) is 0 Å². The van der Waals surface area contributed by atoms with E-state index >= 15 is 0 Å². The zero-order valence-electron chi connectivity index (χ0n) is 11.1. The monoisotopic (exact) mass is 299 g/mol. The van der Waals surface area contributed by atoms with E-state index < -0.39 is 41.5 Å². The fraction of sp³-hybridized carbons (Fsp3) is 0.429. The fourth-order valence-electron chi connectivity index (χ4n) is 3.09. The Morgan fingerprint density at radius 3 is 2.38 bits per heavy atom. The lowest BCUT2D eigenvalue weighted by atomic mass is 10.0. The van der Waals surface area contributed by atoms with Crippen molar-refractivity contribution in [2.24, 2.45) is 0 Å². The summed E-state index contributed by atoms with van der Waals surface area (Å²) in [4.78, 5) is 24.7. The van der Waals surface area contributed by atoms with Crippen LogP contribution in [0.1, 0.15) is 31.4 Å². The second-order valence-electron chi connectivity index (χ2n) is 5.28. The molecule has 1 aromatic carbocycles. The lowest BCUT2D eigenvalue weighted by Gasteiger charge is -2.36. The molecule has 3 rings (SSSR count). The molecule has 0 bridgehead atoms. The summed E-state index contributed by atoms with van der Waals surface area (Å²) in [6.07, 6.45) is 0.503. The van der Waals surface area contributed by atoms with Crippen molar-refractivity contribution in [2.75, 3.05) is 0 Å². The van der Waals surface area contributed by atoms with Crippen molar-refractivity contribution in [3.8, 4) is 0 Å². The molecule has 3 atom stereocenters. The van der Waals surface area contributed by atoms with Gasteiger partial charge in [-0.2, -0.15) is 0 Å². The SMILES string of the molecule is C[C@H]1OC(=O)C(=O)N2C1CC[C@H]2c1cc(F)c(F)c(F)c1. The largest absolute Gasteiger partial charge is 0.453 e. The number of nitrogens with zero attached hydrogens (tertiary/aromatic N) is 1. The van der Waals surface area contributed by atoms with Gasteiger partial charge >= 0.3 is 11.9 Å². The van der Waals surface area contributed by atoms with Gasteiger partial charge < -0.3 is 9.64 Å². The molecule has 2 fully saturated rings. The Hall–Kier alpha value is -2.05. The molecule has 1 amide bonds. The number of halogens is 3. The molecule has 0 spiro atoms. The molecular formula is C14H12F3NO3. The van der Waals surface area contributed by atoms with Gasteiger partial charge in [0.15, 0.2) is 17.5 Å². The van der Waals surface area contributed by atoms with E-state index in [1.165, 1.54) is 4.90 Å². The molecule has 112 valence electrons. The van der Waals surface area contributed by atoms with Crippen LogP contribution in [0.4, 0.5) is 13.2 Å². The van der Waals surface area contributed by atoms with Gasteiger partial charge in [0.05, 0.1) is 12.1 Å². The molecule has 1 aromatic rings. The van der Waals surface area contributed by atoms with Gasteiger partial charge in [-0.3, -0.25) is 4.79 Å². The van der Waals surface area contributed by atoms with Crippen LogP contribution < -0.4 is 0 Å². The third kappa shape index (κ3) is 2.07. The molecular weight excluding hydrogens is 287 g/mol. The Morgan fingerprint density at radius 1 is 1.14 bits per heavy atom. The van der Waals surface area contributed by atoms with Crippen molar-refractivity contribution in [2.45, 2.75) is 38.0 Å². The van der Waals surface area contributed by atoms with Crippen molar-refractivity contribution in [3.05, 3.63) is 35.1 Å². The van der Waals surface area contributed by atoms with Gasteiger partial charge in [-0.1, -0.05) is 0 Å². The van der Waals surface area contributed by atoms with E-state index in [9.17, 15) is 22.8 Å². The highest BCUT2D eigenvalue weighted by molar-refractivity contribution is 6.33. The first-order chi connectivity index (χ1) is 9.90. The standard InChI is InChI=1S/C14H12F3NO3/c1-6-10-2-3-11(18(10)13(19)14(20)21-6)7-4-8(15)12(17)9(16)5-7/h4-6,10-11H,2-3H2,1H3/t6-,10?,11+/m1/s1. The molecule has 2 aliphatic rings. The number of hydrogen-bond acceptors (Lipinski definition) is 3. The van der Waals surface area contributed by atoms with Crippen LogP contribution in [0.25, 0.3) is 0 Å². The van der Waals surface area contributed by atoms with E-state index in [1.807, 2.05) is 0 Å². The summed E-state index contributed by atoms with van der Waals surface area (Å²) in [6.45, 7) is 1.66. The van der Waals surface area contributed by atoms with E-state index in [4.69, 9.17) is 4.74 Å². The van der Waals surface area contributed by atoms with Crippen LogP contribution in [0.5, 0.6) is 0 Å². The Labute approximate surface area is 118 Å². The summed E-state index contributed by atoms with van der Waals surface area (Å²) >= 11 is 0. The first-order valence-electron chi connectivity index (χ1n) is 6.58. The van der Waals surface area contributed by atoms with E-state index in [0.29, 0.717) is 12.8 Å². The highest BCUT2D eigenvalue weighted by Crippen LogP contribution is 2.40. The van der Waals surface area contributed by atoms with Crippen molar-refractivity contribution >= 4 is 11.9 Å². The zero-order valence-corrected chi connectivity index (χ0v) is 11.1. The highest BCUT2D eigenvalue weighted by atomic mass is 19.2. The smallest absolute Gasteiger partial charge is 0.397 e. The predicted molar refractivity (Wildman–Crippen MR) is 64.5 cm³/mol. The molecule has 2 heterocycles. The number of fused-ring (bicyclic) bond motifs is 1. The molecule has 2 aliphatic heterocycles. The Morgan fingerprint density at radius 2 is 1.76 bits per heavy atom. The molecule has 0 aliphatic carbocycles. The molecule has 0 N–H and O–H groups in total. The normalized spacial score (nSPS) is 28.6. The van der Waals surface area contributed by atoms with E-state index in [0.717, 1.165) is 12.1 Å². The number of benzene rings is 1. The number of cyclic esters (lactones) is 1. The van der Waals surface area contributed by atoms with Gasteiger partial charge in [-0.25, -0.2) is 18.0 Å². The quantitative estimate of drug-likeness (QED) is 0.453. The van der Waals surface area contributed by atoms with E-state index in [2.05, 4.69) is 0 Å². The molecule has 2 saturated heterocycles. The summed E-state index contributed by atoms with van der Waals surface area (Å²) in [5.74, 6) is -5.98. The maximum Gasteiger partial charge on any atom is 0.397 e. The van der Waals surface area contributed by atoms with Crippen molar-refractivity contribution in [1.82, 2.24) is 4.90 Å². The first kappa shape index (κ1) is 13.9. The average Bonchev–Trinajstić information content (AvgIpc) is 2.87. The molecule has 7 heteroatoms. The summed E-state index contributed by atoms with van der Waals surface area (Å²) in [6, 6.07) is 0.756. The number of morpholine rings is 1. The second-order valence-corrected chi connectivity index (χ2v) is 5.28. The lowest BCUT2D eigenvalue weighted by molar-refractivity contribution is -0.176. The molecule has 0 radical (unpaired) electrons. The van der Waals surface area contributed by atoms with Crippen LogP contribution in [0.15, 0.2) is 12.1 Å². The number of hydrogen-bond donors (Lipinski definition) is 0. The molecule has 0 saturated carbocycles. The molecule has 4 nitrogen and oxygen atoms in total. The Kier molecular flexibility index (Phi) is 3.15.